The summed E-state index contributed by atoms with van der Waals surface area (Å²) in [5.74, 6) is 0. The van der Waals surface area contributed by atoms with Crippen LogP contribution in [0.5, 0.6) is 0 Å². The van der Waals surface area contributed by atoms with Crippen LogP contribution in [0.1, 0.15) is 37.7 Å². The highest BCUT2D eigenvalue weighted by Gasteiger charge is 2.44. The standard InChI is InChI=1S/C16H22ClNO/c17-14-5-1-4-13(10-14)11-18-9-3-8-16(12-18)7-2-6-15(16)19/h1,4-5,10,15,19H,2-3,6-9,11-12H2/t15-,16+/m1/s1. The van der Waals surface area contributed by atoms with Crippen LogP contribution in [0.2, 0.25) is 5.02 Å². The molecule has 1 heterocycles. The number of halogens is 1. The van der Waals surface area contributed by atoms with Gasteiger partial charge in [-0.15, -0.1) is 0 Å². The summed E-state index contributed by atoms with van der Waals surface area (Å²) in [4.78, 5) is 2.49. The number of benzene rings is 1. The van der Waals surface area contributed by atoms with Crippen LogP contribution in [-0.4, -0.2) is 29.2 Å². The number of aliphatic hydroxyl groups is 1. The zero-order valence-electron chi connectivity index (χ0n) is 11.3. The molecule has 1 N–H and O–H groups in total. The minimum Gasteiger partial charge on any atom is -0.393 e. The van der Waals surface area contributed by atoms with E-state index in [9.17, 15) is 5.11 Å². The quantitative estimate of drug-likeness (QED) is 0.896. The average molecular weight is 280 g/mol. The molecule has 1 spiro atoms. The monoisotopic (exact) mass is 279 g/mol. The summed E-state index contributed by atoms with van der Waals surface area (Å²) >= 11 is 6.05. The lowest BCUT2D eigenvalue weighted by atomic mass is 9.76. The summed E-state index contributed by atoms with van der Waals surface area (Å²) in [7, 11) is 0. The van der Waals surface area contributed by atoms with Crippen molar-refractivity contribution < 1.29 is 5.11 Å². The van der Waals surface area contributed by atoms with Gasteiger partial charge in [0.05, 0.1) is 6.10 Å². The van der Waals surface area contributed by atoms with Crippen molar-refractivity contribution in [3.8, 4) is 0 Å². The first kappa shape index (κ1) is 13.4. The lowest BCUT2D eigenvalue weighted by Gasteiger charge is -2.42. The molecule has 0 radical (unpaired) electrons. The molecule has 1 aromatic carbocycles. The van der Waals surface area contributed by atoms with Gasteiger partial charge in [0.25, 0.3) is 0 Å². The van der Waals surface area contributed by atoms with Crippen LogP contribution in [-0.2, 0) is 6.54 Å². The van der Waals surface area contributed by atoms with E-state index in [0.29, 0.717) is 0 Å². The van der Waals surface area contributed by atoms with E-state index in [2.05, 4.69) is 11.0 Å². The molecule has 3 rings (SSSR count). The Balaban J connectivity index is 1.69. The highest BCUT2D eigenvalue weighted by atomic mass is 35.5. The Morgan fingerprint density at radius 3 is 2.89 bits per heavy atom. The number of nitrogens with zero attached hydrogens (tertiary/aromatic N) is 1. The molecular weight excluding hydrogens is 258 g/mol. The molecule has 2 fully saturated rings. The van der Waals surface area contributed by atoms with Gasteiger partial charge in [0, 0.05) is 23.5 Å². The van der Waals surface area contributed by atoms with E-state index in [1.165, 1.54) is 31.2 Å². The molecule has 2 nitrogen and oxygen atoms in total. The second kappa shape index (κ2) is 5.43. The molecule has 0 unspecified atom stereocenters. The van der Waals surface area contributed by atoms with E-state index in [1.807, 2.05) is 18.2 Å². The molecule has 3 heteroatoms. The third-order valence-corrected chi connectivity index (χ3v) is 5.08. The minimum absolute atomic E-state index is 0.0883. The number of rotatable bonds is 2. The summed E-state index contributed by atoms with van der Waals surface area (Å²) < 4.78 is 0. The van der Waals surface area contributed by atoms with Gasteiger partial charge in [-0.3, -0.25) is 4.90 Å². The van der Waals surface area contributed by atoms with Crippen molar-refractivity contribution in [2.75, 3.05) is 13.1 Å². The Labute approximate surface area is 120 Å². The second-order valence-corrected chi connectivity index (χ2v) is 6.65. The molecule has 1 aromatic rings. The van der Waals surface area contributed by atoms with Crippen molar-refractivity contribution in [1.82, 2.24) is 4.90 Å². The van der Waals surface area contributed by atoms with Gasteiger partial charge in [0.1, 0.15) is 0 Å². The first-order valence-corrected chi connectivity index (χ1v) is 7.71. The Bertz CT molecular complexity index is 450. The van der Waals surface area contributed by atoms with Crippen LogP contribution >= 0.6 is 11.6 Å². The van der Waals surface area contributed by atoms with Crippen LogP contribution < -0.4 is 0 Å². The zero-order valence-corrected chi connectivity index (χ0v) is 12.1. The molecule has 1 saturated heterocycles. The third-order valence-electron chi connectivity index (χ3n) is 4.84. The van der Waals surface area contributed by atoms with E-state index in [0.717, 1.165) is 31.1 Å². The maximum atomic E-state index is 10.3. The molecule has 0 bridgehead atoms. The van der Waals surface area contributed by atoms with Gasteiger partial charge in [-0.2, -0.15) is 0 Å². The van der Waals surface area contributed by atoms with Crippen molar-refractivity contribution in [2.24, 2.45) is 5.41 Å². The fourth-order valence-corrected chi connectivity index (χ4v) is 4.10. The summed E-state index contributed by atoms with van der Waals surface area (Å²) in [5, 5.41) is 11.1. The van der Waals surface area contributed by atoms with Gasteiger partial charge in [0.15, 0.2) is 0 Å². The number of piperidine rings is 1. The molecule has 0 aromatic heterocycles. The number of aliphatic hydroxyl groups excluding tert-OH is 1. The largest absolute Gasteiger partial charge is 0.393 e. The highest BCUT2D eigenvalue weighted by Crippen LogP contribution is 2.45. The lowest BCUT2D eigenvalue weighted by molar-refractivity contribution is -0.0120. The first-order chi connectivity index (χ1) is 9.18. The van der Waals surface area contributed by atoms with E-state index >= 15 is 0 Å². The van der Waals surface area contributed by atoms with Crippen LogP contribution in [0.4, 0.5) is 0 Å². The zero-order chi connectivity index (χ0) is 13.3. The van der Waals surface area contributed by atoms with Gasteiger partial charge in [-0.1, -0.05) is 30.2 Å². The minimum atomic E-state index is -0.0883. The Morgan fingerprint density at radius 1 is 1.32 bits per heavy atom. The van der Waals surface area contributed by atoms with Crippen LogP contribution in [0.15, 0.2) is 24.3 Å². The number of likely N-dealkylation sites (tertiary alicyclic amines) is 1. The fraction of sp³-hybridized carbons (Fsp3) is 0.625. The summed E-state index contributed by atoms with van der Waals surface area (Å²) in [6.07, 6.45) is 5.68. The Hall–Kier alpha value is -0.570. The second-order valence-electron chi connectivity index (χ2n) is 6.21. The van der Waals surface area contributed by atoms with Crippen molar-refractivity contribution in [1.29, 1.82) is 0 Å². The molecule has 2 atom stereocenters. The van der Waals surface area contributed by atoms with Gasteiger partial charge >= 0.3 is 0 Å². The third kappa shape index (κ3) is 2.81. The van der Waals surface area contributed by atoms with Crippen LogP contribution in [0.25, 0.3) is 0 Å². The van der Waals surface area contributed by atoms with Gasteiger partial charge < -0.3 is 5.11 Å². The fourth-order valence-electron chi connectivity index (χ4n) is 3.88. The first-order valence-electron chi connectivity index (χ1n) is 7.33. The SMILES string of the molecule is O[C@@H]1CCC[C@@]12CCCN(Cc1cccc(Cl)c1)C2. The smallest absolute Gasteiger partial charge is 0.0608 e. The molecule has 1 saturated carbocycles. The number of hydrogen-bond donors (Lipinski definition) is 1. The molecule has 1 aliphatic heterocycles. The summed E-state index contributed by atoms with van der Waals surface area (Å²) in [6, 6.07) is 8.12. The van der Waals surface area contributed by atoms with E-state index in [-0.39, 0.29) is 11.5 Å². The summed E-state index contributed by atoms with van der Waals surface area (Å²) in [5.41, 5.74) is 1.45. The molecule has 1 aliphatic carbocycles. The Kier molecular flexibility index (Phi) is 3.84. The molecule has 0 amide bonds. The lowest BCUT2D eigenvalue weighted by Crippen LogP contribution is -2.46. The maximum Gasteiger partial charge on any atom is 0.0608 e. The maximum absolute atomic E-state index is 10.3. The molecule has 104 valence electrons. The Morgan fingerprint density at radius 2 is 2.16 bits per heavy atom. The van der Waals surface area contributed by atoms with Crippen molar-refractivity contribution in [3.63, 3.8) is 0 Å². The predicted molar refractivity (Wildman–Crippen MR) is 78.3 cm³/mol. The predicted octanol–water partition coefficient (Wildman–Crippen LogP) is 3.47. The van der Waals surface area contributed by atoms with Crippen LogP contribution in [0.3, 0.4) is 0 Å². The molecule has 19 heavy (non-hydrogen) atoms. The van der Waals surface area contributed by atoms with Gasteiger partial charge in [0.2, 0.25) is 0 Å². The van der Waals surface area contributed by atoms with E-state index < -0.39 is 0 Å². The van der Waals surface area contributed by atoms with Gasteiger partial charge in [-0.05, 0) is 49.9 Å². The normalized spacial score (nSPS) is 32.0. The van der Waals surface area contributed by atoms with Crippen LogP contribution in [0, 0.1) is 5.41 Å². The molecular formula is C16H22ClNO. The van der Waals surface area contributed by atoms with Crippen molar-refractivity contribution in [3.05, 3.63) is 34.9 Å². The highest BCUT2D eigenvalue weighted by molar-refractivity contribution is 6.30. The summed E-state index contributed by atoms with van der Waals surface area (Å²) in [6.45, 7) is 3.14. The molecule has 2 aliphatic rings. The topological polar surface area (TPSA) is 23.5 Å². The van der Waals surface area contributed by atoms with Crippen molar-refractivity contribution in [2.45, 2.75) is 44.8 Å². The van der Waals surface area contributed by atoms with Crippen molar-refractivity contribution >= 4 is 11.6 Å². The van der Waals surface area contributed by atoms with E-state index in [1.54, 1.807) is 0 Å². The van der Waals surface area contributed by atoms with Gasteiger partial charge in [-0.25, -0.2) is 0 Å². The average Bonchev–Trinajstić information content (AvgIpc) is 2.71. The number of hydrogen-bond acceptors (Lipinski definition) is 2. The van der Waals surface area contributed by atoms with E-state index in [4.69, 9.17) is 11.6 Å².